The lowest BCUT2D eigenvalue weighted by Crippen LogP contribution is -2.48. The molecule has 4 aromatic rings. The molecule has 2 N–H and O–H groups in total. The average molecular weight is 469 g/mol. The number of nitrogens with zero attached hydrogens (tertiary/aromatic N) is 2. The van der Waals surface area contributed by atoms with Gasteiger partial charge in [0.05, 0.1) is 6.33 Å². The van der Waals surface area contributed by atoms with Crippen LogP contribution in [0, 0.1) is 0 Å². The Morgan fingerprint density at radius 3 is 2.26 bits per heavy atom. The number of rotatable bonds is 10. The van der Waals surface area contributed by atoms with Crippen molar-refractivity contribution in [1.82, 2.24) is 20.2 Å². The van der Waals surface area contributed by atoms with Crippen LogP contribution in [-0.2, 0) is 35.6 Å². The smallest absolute Gasteiger partial charge is 0.408 e. The molecule has 0 unspecified atom stereocenters. The van der Waals surface area contributed by atoms with E-state index in [0.29, 0.717) is 19.5 Å². The summed E-state index contributed by atoms with van der Waals surface area (Å²) in [6.45, 7) is 1.19. The minimum absolute atomic E-state index is 0.135. The van der Waals surface area contributed by atoms with Gasteiger partial charge in [0.2, 0.25) is 5.91 Å². The maximum Gasteiger partial charge on any atom is 0.408 e. The van der Waals surface area contributed by atoms with E-state index in [9.17, 15) is 9.59 Å². The Balaban J connectivity index is 1.37. The van der Waals surface area contributed by atoms with Crippen LogP contribution in [0.4, 0.5) is 4.79 Å². The molecular formula is C28H28N4O3. The first-order valence-electron chi connectivity index (χ1n) is 11.5. The first kappa shape index (κ1) is 23.8. The van der Waals surface area contributed by atoms with Gasteiger partial charge in [-0.2, -0.15) is 0 Å². The van der Waals surface area contributed by atoms with E-state index >= 15 is 0 Å². The fourth-order valence-corrected chi connectivity index (χ4v) is 3.71. The average Bonchev–Trinajstić information content (AvgIpc) is 3.40. The van der Waals surface area contributed by atoms with Gasteiger partial charge in [-0.25, -0.2) is 9.78 Å². The Labute approximate surface area is 204 Å². The van der Waals surface area contributed by atoms with Crippen LogP contribution in [0.3, 0.4) is 0 Å². The largest absolute Gasteiger partial charge is 0.445 e. The lowest BCUT2D eigenvalue weighted by atomic mass is 10.1. The molecule has 0 spiro atoms. The molecular weight excluding hydrogens is 440 g/mol. The van der Waals surface area contributed by atoms with Crippen molar-refractivity contribution < 1.29 is 14.3 Å². The summed E-state index contributed by atoms with van der Waals surface area (Å²) in [6, 6.07) is 26.2. The molecule has 1 atom stereocenters. The summed E-state index contributed by atoms with van der Waals surface area (Å²) in [5.41, 5.74) is 3.90. The molecule has 7 heteroatoms. The van der Waals surface area contributed by atoms with E-state index in [1.807, 2.05) is 95.7 Å². The number of nitrogens with one attached hydrogen (secondary N) is 2. The number of carbonyl (C=O) groups is 2. The highest BCUT2D eigenvalue weighted by Gasteiger charge is 2.22. The number of benzene rings is 3. The lowest BCUT2D eigenvalue weighted by Gasteiger charge is -2.19. The molecule has 1 heterocycles. The molecule has 1 aromatic heterocycles. The molecule has 0 radical (unpaired) electrons. The van der Waals surface area contributed by atoms with Crippen LogP contribution in [-0.4, -0.2) is 27.6 Å². The quantitative estimate of drug-likeness (QED) is 0.367. The Bertz CT molecular complexity index is 1210. The summed E-state index contributed by atoms with van der Waals surface area (Å²) in [5.74, 6) is -0.273. The molecule has 7 nitrogen and oxygen atoms in total. The monoisotopic (exact) mass is 468 g/mol. The Morgan fingerprint density at radius 2 is 1.54 bits per heavy atom. The van der Waals surface area contributed by atoms with Gasteiger partial charge in [-0.15, -0.1) is 0 Å². The molecule has 0 aliphatic carbocycles. The standard InChI is InChI=1S/C28H28N4O3/c33-27(30-18-24-12-7-13-25(16-24)19-32-15-14-29-21-32)26(17-22-8-3-1-4-9-22)31-28(34)35-20-23-10-5-2-6-11-23/h1-16,21,26H,17-20H2,(H,30,33)(H,31,34)/t26-/m1/s1. The maximum atomic E-state index is 13.1. The van der Waals surface area contributed by atoms with Crippen molar-refractivity contribution in [2.45, 2.75) is 32.2 Å². The first-order valence-corrected chi connectivity index (χ1v) is 11.5. The zero-order valence-electron chi connectivity index (χ0n) is 19.3. The van der Waals surface area contributed by atoms with Gasteiger partial charge in [-0.3, -0.25) is 4.79 Å². The van der Waals surface area contributed by atoms with Crippen LogP contribution in [0.5, 0.6) is 0 Å². The van der Waals surface area contributed by atoms with Crippen LogP contribution in [0.2, 0.25) is 0 Å². The number of carbonyl (C=O) groups excluding carboxylic acids is 2. The van der Waals surface area contributed by atoms with Gasteiger partial charge >= 0.3 is 6.09 Å². The number of ether oxygens (including phenoxy) is 1. The Morgan fingerprint density at radius 1 is 0.857 bits per heavy atom. The predicted octanol–water partition coefficient (Wildman–Crippen LogP) is 4.09. The van der Waals surface area contributed by atoms with Crippen LogP contribution in [0.25, 0.3) is 0 Å². The van der Waals surface area contributed by atoms with E-state index in [1.54, 1.807) is 12.5 Å². The van der Waals surface area contributed by atoms with Crippen LogP contribution in [0.1, 0.15) is 22.3 Å². The van der Waals surface area contributed by atoms with E-state index in [4.69, 9.17) is 4.74 Å². The highest BCUT2D eigenvalue weighted by molar-refractivity contribution is 5.85. The second-order valence-electron chi connectivity index (χ2n) is 8.22. The molecule has 0 aliphatic rings. The van der Waals surface area contributed by atoms with E-state index in [2.05, 4.69) is 15.6 Å². The molecule has 0 bridgehead atoms. The van der Waals surface area contributed by atoms with E-state index in [-0.39, 0.29) is 12.5 Å². The van der Waals surface area contributed by atoms with E-state index in [1.165, 1.54) is 0 Å². The fourth-order valence-electron chi connectivity index (χ4n) is 3.71. The fraction of sp³-hybridized carbons (Fsp3) is 0.179. The first-order chi connectivity index (χ1) is 17.2. The second kappa shape index (κ2) is 12.2. The van der Waals surface area contributed by atoms with Gasteiger partial charge in [-0.05, 0) is 22.3 Å². The maximum absolute atomic E-state index is 13.1. The summed E-state index contributed by atoms with van der Waals surface area (Å²) < 4.78 is 7.32. The molecule has 178 valence electrons. The highest BCUT2D eigenvalue weighted by atomic mass is 16.5. The van der Waals surface area contributed by atoms with Crippen molar-refractivity contribution in [3.05, 3.63) is 126 Å². The third-order valence-electron chi connectivity index (χ3n) is 5.49. The van der Waals surface area contributed by atoms with Crippen molar-refractivity contribution >= 4 is 12.0 Å². The number of aromatic nitrogens is 2. The Kier molecular flexibility index (Phi) is 8.27. The predicted molar refractivity (Wildman–Crippen MR) is 133 cm³/mol. The molecule has 35 heavy (non-hydrogen) atoms. The third kappa shape index (κ3) is 7.57. The second-order valence-corrected chi connectivity index (χ2v) is 8.22. The van der Waals surface area contributed by atoms with Gasteiger partial charge < -0.3 is 19.9 Å². The third-order valence-corrected chi connectivity index (χ3v) is 5.49. The zero-order chi connectivity index (χ0) is 24.3. The van der Waals surface area contributed by atoms with Gasteiger partial charge in [0, 0.05) is 31.9 Å². The van der Waals surface area contributed by atoms with Crippen molar-refractivity contribution in [1.29, 1.82) is 0 Å². The molecule has 0 fully saturated rings. The van der Waals surface area contributed by atoms with Crippen LogP contribution in [0.15, 0.2) is 104 Å². The summed E-state index contributed by atoms with van der Waals surface area (Å²) >= 11 is 0. The molecule has 2 amide bonds. The van der Waals surface area contributed by atoms with Crippen LogP contribution < -0.4 is 10.6 Å². The Hall–Kier alpha value is -4.39. The van der Waals surface area contributed by atoms with E-state index < -0.39 is 12.1 Å². The number of imidazole rings is 1. The summed E-state index contributed by atoms with van der Waals surface area (Å²) in [7, 11) is 0. The minimum Gasteiger partial charge on any atom is -0.445 e. The minimum atomic E-state index is -0.769. The molecule has 3 aromatic carbocycles. The SMILES string of the molecule is O=C(N[C@H](Cc1ccccc1)C(=O)NCc1cccc(Cn2ccnc2)c1)OCc1ccccc1. The molecule has 0 saturated heterocycles. The van der Waals surface area contributed by atoms with E-state index in [0.717, 1.165) is 22.3 Å². The lowest BCUT2D eigenvalue weighted by molar-refractivity contribution is -0.123. The van der Waals surface area contributed by atoms with Gasteiger partial charge in [0.15, 0.2) is 0 Å². The van der Waals surface area contributed by atoms with Gasteiger partial charge in [-0.1, -0.05) is 84.9 Å². The molecule has 0 saturated carbocycles. The number of amides is 2. The van der Waals surface area contributed by atoms with Crippen LogP contribution >= 0.6 is 0 Å². The van der Waals surface area contributed by atoms with Crippen molar-refractivity contribution in [2.75, 3.05) is 0 Å². The van der Waals surface area contributed by atoms with Crippen molar-refractivity contribution in [3.63, 3.8) is 0 Å². The highest BCUT2D eigenvalue weighted by Crippen LogP contribution is 2.09. The molecule has 4 rings (SSSR count). The van der Waals surface area contributed by atoms with Crippen molar-refractivity contribution in [3.8, 4) is 0 Å². The van der Waals surface area contributed by atoms with Gasteiger partial charge in [0.1, 0.15) is 12.6 Å². The summed E-state index contributed by atoms with van der Waals surface area (Å²) in [5, 5.41) is 5.69. The topological polar surface area (TPSA) is 85.3 Å². The summed E-state index contributed by atoms with van der Waals surface area (Å²) in [4.78, 5) is 29.6. The number of hydrogen-bond acceptors (Lipinski definition) is 4. The normalized spacial score (nSPS) is 11.4. The molecule has 0 aliphatic heterocycles. The van der Waals surface area contributed by atoms with Crippen molar-refractivity contribution in [2.24, 2.45) is 0 Å². The summed E-state index contributed by atoms with van der Waals surface area (Å²) in [6.07, 6.45) is 5.14. The number of hydrogen-bond donors (Lipinski definition) is 2. The number of alkyl carbamates (subject to hydrolysis) is 1. The van der Waals surface area contributed by atoms with Gasteiger partial charge in [0.25, 0.3) is 0 Å². The zero-order valence-corrected chi connectivity index (χ0v) is 19.3.